The van der Waals surface area contributed by atoms with Crippen molar-refractivity contribution in [1.82, 2.24) is 19.4 Å². The van der Waals surface area contributed by atoms with Crippen LogP contribution in [0.1, 0.15) is 31.9 Å². The lowest BCUT2D eigenvalue weighted by molar-refractivity contribution is 0.109. The van der Waals surface area contributed by atoms with Crippen LogP contribution in [0.25, 0.3) is 22.2 Å². The molecule has 3 aromatic rings. The number of benzene rings is 1. The van der Waals surface area contributed by atoms with Crippen molar-refractivity contribution in [1.29, 1.82) is 0 Å². The van der Waals surface area contributed by atoms with Crippen molar-refractivity contribution < 1.29 is 0 Å². The molecule has 0 saturated carbocycles. The highest BCUT2D eigenvalue weighted by atomic mass is 16.1. The fourth-order valence-electron chi connectivity index (χ4n) is 5.18. The van der Waals surface area contributed by atoms with Gasteiger partial charge in [-0.1, -0.05) is 26.0 Å². The Hall–Kier alpha value is -2.60. The van der Waals surface area contributed by atoms with Crippen molar-refractivity contribution in [2.75, 3.05) is 19.6 Å². The van der Waals surface area contributed by atoms with Gasteiger partial charge in [-0.25, -0.2) is 4.79 Å². The highest BCUT2D eigenvalue weighted by molar-refractivity contribution is 5.91. The zero-order valence-corrected chi connectivity index (χ0v) is 16.4. The molecule has 1 saturated heterocycles. The summed E-state index contributed by atoms with van der Waals surface area (Å²) in [6.07, 6.45) is 1.16. The van der Waals surface area contributed by atoms with Crippen molar-refractivity contribution in [3.05, 3.63) is 56.9 Å². The molecule has 2 aliphatic heterocycles. The number of fused-ring (bicyclic) bond motifs is 5. The van der Waals surface area contributed by atoms with Crippen molar-refractivity contribution in [3.8, 4) is 11.1 Å². The minimum Gasteiger partial charge on any atom is -0.312 e. The van der Waals surface area contributed by atoms with Crippen LogP contribution in [0, 0.1) is 11.8 Å². The molecule has 0 spiro atoms. The van der Waals surface area contributed by atoms with Crippen LogP contribution in [-0.4, -0.2) is 39.1 Å². The largest absolute Gasteiger partial charge is 0.323 e. The van der Waals surface area contributed by atoms with Crippen molar-refractivity contribution >= 4 is 11.0 Å². The predicted molar refractivity (Wildman–Crippen MR) is 111 cm³/mol. The van der Waals surface area contributed by atoms with Crippen molar-refractivity contribution in [3.63, 3.8) is 0 Å². The molecule has 2 aromatic heterocycles. The first-order valence-corrected chi connectivity index (χ1v) is 10.2. The second-order valence-electron chi connectivity index (χ2n) is 8.84. The molecule has 28 heavy (non-hydrogen) atoms. The maximum Gasteiger partial charge on any atom is 0.323 e. The molecule has 2 bridgehead atoms. The molecule has 0 amide bonds. The van der Waals surface area contributed by atoms with Gasteiger partial charge in [0.2, 0.25) is 0 Å². The molecule has 2 aliphatic rings. The van der Waals surface area contributed by atoms with Gasteiger partial charge in [0.05, 0.1) is 11.0 Å². The van der Waals surface area contributed by atoms with Gasteiger partial charge in [-0.3, -0.25) is 4.79 Å². The lowest BCUT2D eigenvalue weighted by Crippen LogP contribution is -2.48. The predicted octanol–water partition coefficient (Wildman–Crippen LogP) is 2.76. The number of likely N-dealkylation sites (tertiary alicyclic amines) is 1. The third-order valence-electron chi connectivity index (χ3n) is 6.12. The summed E-state index contributed by atoms with van der Waals surface area (Å²) < 4.78 is 1.98. The molecule has 4 heterocycles. The molecular formula is C22H26N4O2. The minimum atomic E-state index is -0.225. The Kier molecular flexibility index (Phi) is 4.05. The molecule has 6 heteroatoms. The van der Waals surface area contributed by atoms with Crippen LogP contribution in [0.15, 0.2) is 39.9 Å². The summed E-state index contributed by atoms with van der Waals surface area (Å²) >= 11 is 0. The maximum atomic E-state index is 13.0. The number of hydrogen-bond donors (Lipinski definition) is 2. The molecule has 1 aromatic carbocycles. The monoisotopic (exact) mass is 378 g/mol. The average Bonchev–Trinajstić information content (AvgIpc) is 3.02. The summed E-state index contributed by atoms with van der Waals surface area (Å²) in [5, 5.41) is 0. The topological polar surface area (TPSA) is 73.9 Å². The van der Waals surface area contributed by atoms with E-state index < -0.39 is 0 Å². The average molecular weight is 378 g/mol. The zero-order chi connectivity index (χ0) is 19.4. The van der Waals surface area contributed by atoms with Gasteiger partial charge < -0.3 is 19.4 Å². The number of para-hydroxylation sites is 1. The molecular weight excluding hydrogens is 352 g/mol. The fourth-order valence-corrected chi connectivity index (χ4v) is 5.18. The Labute approximate surface area is 163 Å². The van der Waals surface area contributed by atoms with Crippen LogP contribution < -0.4 is 11.2 Å². The summed E-state index contributed by atoms with van der Waals surface area (Å²) in [5.74, 6) is 1.59. The molecule has 6 nitrogen and oxygen atoms in total. The minimum absolute atomic E-state index is 0.0643. The lowest BCUT2D eigenvalue weighted by atomic mass is 9.82. The van der Waals surface area contributed by atoms with Crippen molar-refractivity contribution in [2.45, 2.75) is 32.7 Å². The van der Waals surface area contributed by atoms with E-state index in [1.54, 1.807) is 6.07 Å². The SMILES string of the molecule is CC(C)CN1C[C@@H]2C[C@H](C1)c1cc(-c3cccc4[nH]c(=O)[nH]c34)cc(=O)n1C2. The molecule has 0 unspecified atom stereocenters. The van der Waals surface area contributed by atoms with Gasteiger partial charge >= 0.3 is 5.69 Å². The van der Waals surface area contributed by atoms with Crippen LogP contribution >= 0.6 is 0 Å². The summed E-state index contributed by atoms with van der Waals surface area (Å²) in [6, 6.07) is 9.64. The third-order valence-corrected chi connectivity index (χ3v) is 6.12. The number of imidazole rings is 1. The van der Waals surface area contributed by atoms with E-state index >= 15 is 0 Å². The van der Waals surface area contributed by atoms with Crippen LogP contribution in [0.2, 0.25) is 0 Å². The van der Waals surface area contributed by atoms with E-state index in [1.165, 1.54) is 0 Å². The number of piperidine rings is 1. The normalized spacial score (nSPS) is 22.0. The second-order valence-corrected chi connectivity index (χ2v) is 8.84. The molecule has 1 fully saturated rings. The summed E-state index contributed by atoms with van der Waals surface area (Å²) in [5.41, 5.74) is 4.29. The van der Waals surface area contributed by atoms with Crippen molar-refractivity contribution in [2.24, 2.45) is 11.8 Å². The van der Waals surface area contributed by atoms with Crippen LogP contribution in [0.4, 0.5) is 0 Å². The smallest absolute Gasteiger partial charge is 0.312 e. The Morgan fingerprint density at radius 3 is 2.79 bits per heavy atom. The van der Waals surface area contributed by atoms with Gasteiger partial charge in [0.1, 0.15) is 0 Å². The highest BCUT2D eigenvalue weighted by Gasteiger charge is 2.35. The Balaban J connectivity index is 1.60. The molecule has 5 rings (SSSR count). The fraction of sp³-hybridized carbons (Fsp3) is 0.455. The number of nitrogens with one attached hydrogen (secondary N) is 2. The van der Waals surface area contributed by atoms with Gasteiger partial charge in [0, 0.05) is 49.4 Å². The number of nitrogens with zero attached hydrogens (tertiary/aromatic N) is 2. The van der Waals surface area contributed by atoms with E-state index in [4.69, 9.17) is 0 Å². The third kappa shape index (κ3) is 2.92. The number of rotatable bonds is 3. The number of hydrogen-bond acceptors (Lipinski definition) is 3. The zero-order valence-electron chi connectivity index (χ0n) is 16.4. The van der Waals surface area contributed by atoms with Gasteiger partial charge in [-0.05, 0) is 36.0 Å². The second kappa shape index (κ2) is 6.48. The summed E-state index contributed by atoms with van der Waals surface area (Å²) in [6.45, 7) is 8.55. The first-order valence-electron chi connectivity index (χ1n) is 10.2. The number of aromatic amines is 2. The van der Waals surface area contributed by atoms with Gasteiger partial charge in [-0.15, -0.1) is 0 Å². The van der Waals surface area contributed by atoms with Gasteiger partial charge in [-0.2, -0.15) is 0 Å². The molecule has 2 atom stereocenters. The highest BCUT2D eigenvalue weighted by Crippen LogP contribution is 2.37. The first-order chi connectivity index (χ1) is 13.5. The van der Waals surface area contributed by atoms with E-state index in [1.807, 2.05) is 22.8 Å². The van der Waals surface area contributed by atoms with Crippen LogP contribution in [0.5, 0.6) is 0 Å². The van der Waals surface area contributed by atoms with Crippen LogP contribution in [0.3, 0.4) is 0 Å². The molecule has 2 N–H and O–H groups in total. The first kappa shape index (κ1) is 17.5. The van der Waals surface area contributed by atoms with E-state index in [9.17, 15) is 9.59 Å². The number of aromatic nitrogens is 3. The Bertz CT molecular complexity index is 1150. The molecule has 0 radical (unpaired) electrons. The summed E-state index contributed by atoms with van der Waals surface area (Å²) in [4.78, 5) is 33.0. The van der Waals surface area contributed by atoms with Gasteiger partial charge in [0.15, 0.2) is 0 Å². The lowest BCUT2D eigenvalue weighted by Gasteiger charge is -2.43. The van der Waals surface area contributed by atoms with E-state index in [2.05, 4.69) is 34.8 Å². The standard InChI is InChI=1S/C22H26N4O2/c1-13(2)9-25-10-14-6-16(12-25)19-7-15(8-20(27)26(19)11-14)17-4-3-5-18-21(17)24-22(28)23-18/h3-5,7-8,13-14,16H,6,9-12H2,1-2H3,(H2,23,24,28)/t14-,16+/m0/s1. The Morgan fingerprint density at radius 2 is 1.96 bits per heavy atom. The molecule has 0 aliphatic carbocycles. The van der Waals surface area contributed by atoms with E-state index in [0.717, 1.165) is 60.5 Å². The number of pyridine rings is 1. The quantitative estimate of drug-likeness (QED) is 0.736. The van der Waals surface area contributed by atoms with Crippen LogP contribution in [-0.2, 0) is 6.54 Å². The Morgan fingerprint density at radius 1 is 1.11 bits per heavy atom. The molecule has 146 valence electrons. The maximum absolute atomic E-state index is 13.0. The summed E-state index contributed by atoms with van der Waals surface area (Å²) in [7, 11) is 0. The van der Waals surface area contributed by atoms with E-state index in [-0.39, 0.29) is 11.2 Å². The van der Waals surface area contributed by atoms with E-state index in [0.29, 0.717) is 17.8 Å². The number of H-pyrrole nitrogens is 2. The van der Waals surface area contributed by atoms with Gasteiger partial charge in [0.25, 0.3) is 5.56 Å².